The van der Waals surface area contributed by atoms with Gasteiger partial charge in [0.15, 0.2) is 11.0 Å². The molecule has 6 nitrogen and oxygen atoms in total. The van der Waals surface area contributed by atoms with Gasteiger partial charge in [-0.25, -0.2) is 4.21 Å². The summed E-state index contributed by atoms with van der Waals surface area (Å²) in [6, 6.07) is 7.45. The zero-order valence-corrected chi connectivity index (χ0v) is 14.2. The normalized spacial score (nSPS) is 11.4. The Balaban J connectivity index is 0.000000924. The number of aryl methyl sites for hydroxylation is 2. The van der Waals surface area contributed by atoms with Crippen molar-refractivity contribution in [2.45, 2.75) is 32.8 Å². The molecule has 0 spiro atoms. The molecule has 120 valence electrons. The van der Waals surface area contributed by atoms with Gasteiger partial charge in [0.25, 0.3) is 0 Å². The predicted molar refractivity (Wildman–Crippen MR) is 90.4 cm³/mol. The van der Waals surface area contributed by atoms with E-state index in [0.717, 1.165) is 16.5 Å². The van der Waals surface area contributed by atoms with E-state index in [-0.39, 0.29) is 5.09 Å². The average molecular weight is 330 g/mol. The first-order valence-electron chi connectivity index (χ1n) is 7.22. The second-order valence-corrected chi connectivity index (χ2v) is 5.80. The first kappa shape index (κ1) is 16.8. The van der Waals surface area contributed by atoms with Gasteiger partial charge in [0.05, 0.1) is 22.5 Å². The summed E-state index contributed by atoms with van der Waals surface area (Å²) in [7, 11) is -1.55. The van der Waals surface area contributed by atoms with Crippen LogP contribution in [0.25, 0.3) is 10.9 Å². The van der Waals surface area contributed by atoms with E-state index in [1.165, 1.54) is 0 Å². The lowest BCUT2D eigenvalue weighted by molar-refractivity contribution is 0.342. The molecule has 2 heterocycles. The van der Waals surface area contributed by atoms with Gasteiger partial charge in [0.2, 0.25) is 5.09 Å². The topological polar surface area (TPSA) is 94.7 Å². The third-order valence-electron chi connectivity index (χ3n) is 3.16. The first-order valence-corrected chi connectivity index (χ1v) is 8.37. The van der Waals surface area contributed by atoms with Crippen LogP contribution in [0, 0.1) is 25.2 Å². The number of benzene rings is 1. The molecule has 1 atom stereocenters. The van der Waals surface area contributed by atoms with Crippen molar-refractivity contribution in [1.82, 2.24) is 10.1 Å². The van der Waals surface area contributed by atoms with Crippen molar-refractivity contribution in [3.8, 4) is 6.07 Å². The van der Waals surface area contributed by atoms with Gasteiger partial charge in [-0.15, -0.1) is 0 Å². The molecule has 2 aromatic heterocycles. The lowest BCUT2D eigenvalue weighted by atomic mass is 10.1. The highest BCUT2D eigenvalue weighted by Gasteiger charge is 2.14. The Kier molecular flexibility index (Phi) is 5.19. The highest BCUT2D eigenvalue weighted by Crippen LogP contribution is 2.29. The summed E-state index contributed by atoms with van der Waals surface area (Å²) < 4.78 is 20.1. The van der Waals surface area contributed by atoms with Crippen molar-refractivity contribution >= 4 is 27.6 Å². The number of hydrogen-bond donors (Lipinski definition) is 2. The second-order valence-electron chi connectivity index (χ2n) is 4.65. The van der Waals surface area contributed by atoms with Crippen LogP contribution in [0.15, 0.2) is 34.0 Å². The standard InChI is InChI=1S/C14H12N4O2S.C2H6/c1-8-3-4-11(14-13(8)10(6-15)7-16-14)18-21(19)12-5-9(2)17-20-12;1-2/h3-5,7,16,18H,1-2H3;1-2H3. The number of nitriles is 1. The van der Waals surface area contributed by atoms with E-state index < -0.39 is 11.0 Å². The number of nitrogens with one attached hydrogen (secondary N) is 2. The SMILES string of the molecule is CC.Cc1cc(S(=O)Nc2ccc(C)c3c(C#N)c[nH]c23)on1. The quantitative estimate of drug-likeness (QED) is 0.763. The summed E-state index contributed by atoms with van der Waals surface area (Å²) >= 11 is 0. The van der Waals surface area contributed by atoms with Gasteiger partial charge in [-0.05, 0) is 25.5 Å². The molecule has 0 saturated heterocycles. The van der Waals surface area contributed by atoms with E-state index in [4.69, 9.17) is 9.78 Å². The number of fused-ring (bicyclic) bond motifs is 1. The van der Waals surface area contributed by atoms with Crippen molar-refractivity contribution in [3.05, 3.63) is 41.2 Å². The Morgan fingerprint density at radius 2 is 2.09 bits per heavy atom. The molecule has 0 aliphatic rings. The number of anilines is 1. The van der Waals surface area contributed by atoms with Gasteiger partial charge in [-0.1, -0.05) is 25.1 Å². The Bertz CT molecular complexity index is 889. The van der Waals surface area contributed by atoms with E-state index in [1.807, 2.05) is 32.9 Å². The van der Waals surface area contributed by atoms with Gasteiger partial charge in [0, 0.05) is 17.6 Å². The number of aromatic nitrogens is 2. The van der Waals surface area contributed by atoms with Crippen molar-refractivity contribution in [1.29, 1.82) is 5.26 Å². The monoisotopic (exact) mass is 330 g/mol. The largest absolute Gasteiger partial charge is 0.358 e. The van der Waals surface area contributed by atoms with E-state index in [0.29, 0.717) is 16.9 Å². The summed E-state index contributed by atoms with van der Waals surface area (Å²) in [4.78, 5) is 3.04. The highest BCUT2D eigenvalue weighted by molar-refractivity contribution is 7.86. The minimum atomic E-state index is -1.55. The molecular formula is C16H18N4O2S. The fourth-order valence-corrected chi connectivity index (χ4v) is 3.02. The summed E-state index contributed by atoms with van der Waals surface area (Å²) in [5.74, 6) is 0. The van der Waals surface area contributed by atoms with Gasteiger partial charge < -0.3 is 9.51 Å². The second kappa shape index (κ2) is 7.11. The van der Waals surface area contributed by atoms with Crippen LogP contribution in [0.3, 0.4) is 0 Å². The van der Waals surface area contributed by atoms with Gasteiger partial charge >= 0.3 is 0 Å². The Hall–Kier alpha value is -2.59. The zero-order valence-electron chi connectivity index (χ0n) is 13.4. The fourth-order valence-electron chi connectivity index (χ4n) is 2.17. The van der Waals surface area contributed by atoms with Crippen molar-refractivity contribution in [2.75, 3.05) is 4.72 Å². The summed E-state index contributed by atoms with van der Waals surface area (Å²) in [5.41, 5.74) is 3.60. The van der Waals surface area contributed by atoms with Crippen LogP contribution in [0.5, 0.6) is 0 Å². The maximum atomic E-state index is 12.2. The maximum Gasteiger partial charge on any atom is 0.243 e. The summed E-state index contributed by atoms with van der Waals surface area (Å²) in [6.07, 6.45) is 1.64. The fraction of sp³-hybridized carbons (Fsp3) is 0.250. The van der Waals surface area contributed by atoms with E-state index in [9.17, 15) is 4.21 Å². The Morgan fingerprint density at radius 1 is 1.35 bits per heavy atom. The molecule has 0 saturated carbocycles. The molecule has 0 radical (unpaired) electrons. The van der Waals surface area contributed by atoms with Crippen LogP contribution >= 0.6 is 0 Å². The molecule has 0 bridgehead atoms. The minimum Gasteiger partial charge on any atom is -0.358 e. The lowest BCUT2D eigenvalue weighted by Gasteiger charge is -2.06. The van der Waals surface area contributed by atoms with E-state index >= 15 is 0 Å². The van der Waals surface area contributed by atoms with Crippen LogP contribution in [-0.2, 0) is 11.0 Å². The zero-order chi connectivity index (χ0) is 17.0. The molecule has 0 aliphatic carbocycles. The van der Waals surface area contributed by atoms with E-state index in [1.54, 1.807) is 19.2 Å². The van der Waals surface area contributed by atoms with Crippen molar-refractivity contribution in [2.24, 2.45) is 0 Å². The first-order chi connectivity index (χ1) is 11.1. The van der Waals surface area contributed by atoms with Crippen molar-refractivity contribution in [3.63, 3.8) is 0 Å². The molecular weight excluding hydrogens is 312 g/mol. The third kappa shape index (κ3) is 3.27. The average Bonchev–Trinajstić information content (AvgIpc) is 3.18. The molecule has 0 aliphatic heterocycles. The third-order valence-corrected chi connectivity index (χ3v) is 4.12. The molecule has 3 aromatic rings. The number of H-pyrrole nitrogens is 1. The van der Waals surface area contributed by atoms with Crippen LogP contribution < -0.4 is 4.72 Å². The number of nitrogens with zero attached hydrogens (tertiary/aromatic N) is 2. The number of rotatable bonds is 3. The van der Waals surface area contributed by atoms with Crippen LogP contribution in [0.4, 0.5) is 5.69 Å². The molecule has 2 N–H and O–H groups in total. The van der Waals surface area contributed by atoms with Gasteiger partial charge in [-0.3, -0.25) is 4.72 Å². The lowest BCUT2D eigenvalue weighted by Crippen LogP contribution is -2.04. The predicted octanol–water partition coefficient (Wildman–Crippen LogP) is 3.81. The minimum absolute atomic E-state index is 0.258. The number of hydrogen-bond acceptors (Lipinski definition) is 4. The molecule has 23 heavy (non-hydrogen) atoms. The molecule has 1 unspecified atom stereocenters. The molecule has 7 heteroatoms. The Labute approximate surface area is 137 Å². The summed E-state index contributed by atoms with van der Waals surface area (Å²) in [5, 5.41) is 13.9. The van der Waals surface area contributed by atoms with Gasteiger partial charge in [0.1, 0.15) is 6.07 Å². The van der Waals surface area contributed by atoms with Gasteiger partial charge in [-0.2, -0.15) is 5.26 Å². The molecule has 1 aromatic carbocycles. The molecule has 0 fully saturated rings. The van der Waals surface area contributed by atoms with Crippen LogP contribution in [0.2, 0.25) is 0 Å². The maximum absolute atomic E-state index is 12.2. The molecule has 3 rings (SSSR count). The number of aromatic amines is 1. The smallest absolute Gasteiger partial charge is 0.243 e. The van der Waals surface area contributed by atoms with Crippen LogP contribution in [-0.4, -0.2) is 14.3 Å². The molecule has 0 amide bonds. The van der Waals surface area contributed by atoms with E-state index in [2.05, 4.69) is 20.9 Å². The van der Waals surface area contributed by atoms with Crippen molar-refractivity contribution < 1.29 is 8.73 Å². The van der Waals surface area contributed by atoms with Crippen LogP contribution in [0.1, 0.15) is 30.7 Å². The Morgan fingerprint density at radius 3 is 2.70 bits per heavy atom. The highest BCUT2D eigenvalue weighted by atomic mass is 32.2. The summed E-state index contributed by atoms with van der Waals surface area (Å²) in [6.45, 7) is 7.69.